The third-order valence-corrected chi connectivity index (χ3v) is 4.29. The molecule has 2 heterocycles. The van der Waals surface area contributed by atoms with Crippen molar-refractivity contribution in [1.82, 2.24) is 15.1 Å². The van der Waals surface area contributed by atoms with Crippen LogP contribution in [0.4, 0.5) is 0 Å². The number of hydrogen-bond acceptors (Lipinski definition) is 4. The van der Waals surface area contributed by atoms with Crippen molar-refractivity contribution < 1.29 is 0 Å². The molecule has 0 spiro atoms. The maximum atomic E-state index is 5.77. The van der Waals surface area contributed by atoms with Gasteiger partial charge in [-0.05, 0) is 43.8 Å². The zero-order valence-electron chi connectivity index (χ0n) is 9.11. The molecule has 0 amide bonds. The monoisotopic (exact) mass is 245 g/mol. The lowest BCUT2D eigenvalue weighted by Crippen LogP contribution is -2.41. The number of nitrogens with zero attached hydrogens (tertiary/aromatic N) is 3. The van der Waals surface area contributed by atoms with Gasteiger partial charge in [-0.2, -0.15) is 0 Å². The second kappa shape index (κ2) is 4.76. The largest absolute Gasteiger partial charge is 0.294 e. The molecule has 1 aliphatic heterocycles. The van der Waals surface area contributed by atoms with E-state index in [2.05, 4.69) is 28.9 Å². The summed E-state index contributed by atoms with van der Waals surface area (Å²) >= 11 is 7.26. The van der Waals surface area contributed by atoms with Crippen LogP contribution in [0.15, 0.2) is 0 Å². The smallest absolute Gasteiger partial charge is 0.207 e. The molecule has 0 aliphatic carbocycles. The van der Waals surface area contributed by atoms with Gasteiger partial charge in [0.25, 0.3) is 0 Å². The maximum Gasteiger partial charge on any atom is 0.207 e. The number of halogens is 1. The summed E-state index contributed by atoms with van der Waals surface area (Å²) in [6.07, 6.45) is 2.63. The Morgan fingerprint density at radius 3 is 2.93 bits per heavy atom. The van der Waals surface area contributed by atoms with Crippen molar-refractivity contribution in [3.8, 4) is 0 Å². The van der Waals surface area contributed by atoms with E-state index in [0.717, 1.165) is 17.5 Å². The summed E-state index contributed by atoms with van der Waals surface area (Å²) in [4.78, 5) is 2.48. The van der Waals surface area contributed by atoms with Crippen molar-refractivity contribution in [3.05, 3.63) is 9.47 Å². The molecule has 1 aromatic heterocycles. The molecule has 15 heavy (non-hydrogen) atoms. The SMILES string of the molecule is CC1CCCN(Cc2nnc(Cl)s2)C1C. The van der Waals surface area contributed by atoms with Gasteiger partial charge in [0.2, 0.25) is 4.47 Å². The third kappa shape index (κ3) is 2.68. The zero-order chi connectivity index (χ0) is 10.8. The molecule has 1 aromatic rings. The van der Waals surface area contributed by atoms with Crippen LogP contribution in [-0.4, -0.2) is 27.7 Å². The van der Waals surface area contributed by atoms with Crippen LogP contribution in [0.2, 0.25) is 4.47 Å². The lowest BCUT2D eigenvalue weighted by Gasteiger charge is -2.37. The molecule has 3 nitrogen and oxygen atoms in total. The molecule has 0 saturated carbocycles. The summed E-state index contributed by atoms with van der Waals surface area (Å²) in [5.41, 5.74) is 0. The van der Waals surface area contributed by atoms with Crippen LogP contribution in [0.25, 0.3) is 0 Å². The maximum absolute atomic E-state index is 5.77. The first-order valence-corrected chi connectivity index (χ1v) is 6.58. The minimum Gasteiger partial charge on any atom is -0.294 e. The number of piperidine rings is 1. The Morgan fingerprint density at radius 2 is 2.27 bits per heavy atom. The minimum absolute atomic E-state index is 0.544. The topological polar surface area (TPSA) is 29.0 Å². The van der Waals surface area contributed by atoms with Crippen LogP contribution in [-0.2, 0) is 6.54 Å². The van der Waals surface area contributed by atoms with E-state index in [0.29, 0.717) is 10.5 Å². The molecule has 2 atom stereocenters. The summed E-state index contributed by atoms with van der Waals surface area (Å²) < 4.78 is 0.544. The Kier molecular flexibility index (Phi) is 3.59. The summed E-state index contributed by atoms with van der Waals surface area (Å²) in [5, 5.41) is 8.93. The van der Waals surface area contributed by atoms with Gasteiger partial charge >= 0.3 is 0 Å². The van der Waals surface area contributed by atoms with Gasteiger partial charge in [0.15, 0.2) is 0 Å². The van der Waals surface area contributed by atoms with Crippen LogP contribution in [0.3, 0.4) is 0 Å². The van der Waals surface area contributed by atoms with E-state index in [1.807, 2.05) is 0 Å². The van der Waals surface area contributed by atoms with Crippen molar-refractivity contribution in [2.75, 3.05) is 6.54 Å². The Hall–Kier alpha value is -0.190. The number of rotatable bonds is 2. The normalized spacial score (nSPS) is 28.2. The number of likely N-dealkylation sites (tertiary alicyclic amines) is 1. The number of hydrogen-bond donors (Lipinski definition) is 0. The van der Waals surface area contributed by atoms with Gasteiger partial charge in [-0.25, -0.2) is 0 Å². The van der Waals surface area contributed by atoms with E-state index in [4.69, 9.17) is 11.6 Å². The second-order valence-corrected chi connectivity index (χ2v) is 5.92. The summed E-state index contributed by atoms with van der Waals surface area (Å²) in [7, 11) is 0. The Labute approximate surface area is 99.5 Å². The van der Waals surface area contributed by atoms with E-state index in [-0.39, 0.29) is 0 Å². The van der Waals surface area contributed by atoms with Crippen molar-refractivity contribution in [1.29, 1.82) is 0 Å². The first-order chi connectivity index (χ1) is 7.16. The van der Waals surface area contributed by atoms with E-state index in [1.54, 1.807) is 0 Å². The van der Waals surface area contributed by atoms with Crippen molar-refractivity contribution in [2.45, 2.75) is 39.3 Å². The van der Waals surface area contributed by atoms with Crippen LogP contribution in [0.1, 0.15) is 31.7 Å². The van der Waals surface area contributed by atoms with Crippen LogP contribution < -0.4 is 0 Å². The van der Waals surface area contributed by atoms with Gasteiger partial charge in [0.05, 0.1) is 6.54 Å². The number of aromatic nitrogens is 2. The van der Waals surface area contributed by atoms with Gasteiger partial charge in [0.1, 0.15) is 5.01 Å². The fourth-order valence-corrected chi connectivity index (χ4v) is 3.01. The minimum atomic E-state index is 0.544. The molecule has 0 bridgehead atoms. The molecule has 84 valence electrons. The summed E-state index contributed by atoms with van der Waals surface area (Å²) in [6.45, 7) is 6.69. The molecule has 0 aromatic carbocycles. The summed E-state index contributed by atoms with van der Waals surface area (Å²) in [5.74, 6) is 0.780. The van der Waals surface area contributed by atoms with Crippen molar-refractivity contribution in [3.63, 3.8) is 0 Å². The fourth-order valence-electron chi connectivity index (χ4n) is 2.11. The highest BCUT2D eigenvalue weighted by molar-refractivity contribution is 7.15. The summed E-state index contributed by atoms with van der Waals surface area (Å²) in [6, 6.07) is 0.640. The van der Waals surface area contributed by atoms with E-state index in [9.17, 15) is 0 Å². The highest BCUT2D eigenvalue weighted by atomic mass is 35.5. The van der Waals surface area contributed by atoms with E-state index in [1.165, 1.54) is 30.7 Å². The molecule has 2 rings (SSSR count). The fraction of sp³-hybridized carbons (Fsp3) is 0.800. The highest BCUT2D eigenvalue weighted by Crippen LogP contribution is 2.25. The van der Waals surface area contributed by atoms with Crippen LogP contribution in [0, 0.1) is 5.92 Å². The van der Waals surface area contributed by atoms with Gasteiger partial charge in [-0.15, -0.1) is 10.2 Å². The van der Waals surface area contributed by atoms with Gasteiger partial charge in [-0.3, -0.25) is 4.90 Å². The van der Waals surface area contributed by atoms with Gasteiger partial charge < -0.3 is 0 Å². The molecule has 1 aliphatic rings. The molecule has 5 heteroatoms. The zero-order valence-corrected chi connectivity index (χ0v) is 10.7. The lowest BCUT2D eigenvalue weighted by atomic mass is 9.92. The quantitative estimate of drug-likeness (QED) is 0.803. The molecular formula is C10H16ClN3S. The molecule has 1 saturated heterocycles. The highest BCUT2D eigenvalue weighted by Gasteiger charge is 2.25. The van der Waals surface area contributed by atoms with E-state index >= 15 is 0 Å². The third-order valence-electron chi connectivity index (χ3n) is 3.28. The molecule has 0 radical (unpaired) electrons. The van der Waals surface area contributed by atoms with Gasteiger partial charge in [0, 0.05) is 6.04 Å². The van der Waals surface area contributed by atoms with Crippen molar-refractivity contribution >= 4 is 22.9 Å². The standard InChI is InChI=1S/C10H16ClN3S/c1-7-4-3-5-14(8(7)2)6-9-12-13-10(11)15-9/h7-8H,3-6H2,1-2H3. The molecule has 0 N–H and O–H groups in total. The average molecular weight is 246 g/mol. The predicted molar refractivity (Wildman–Crippen MR) is 63.2 cm³/mol. The van der Waals surface area contributed by atoms with Crippen LogP contribution in [0.5, 0.6) is 0 Å². The van der Waals surface area contributed by atoms with Gasteiger partial charge in [-0.1, -0.05) is 18.3 Å². The average Bonchev–Trinajstić information content (AvgIpc) is 2.59. The molecular weight excluding hydrogens is 230 g/mol. The first kappa shape index (κ1) is 11.3. The molecule has 1 fully saturated rings. The molecule has 2 unspecified atom stereocenters. The first-order valence-electron chi connectivity index (χ1n) is 5.38. The Bertz CT molecular complexity index is 328. The lowest BCUT2D eigenvalue weighted by molar-refractivity contribution is 0.106. The second-order valence-electron chi connectivity index (χ2n) is 4.28. The predicted octanol–water partition coefficient (Wildman–Crippen LogP) is 2.81. The Balaban J connectivity index is 1.99. The Morgan fingerprint density at radius 1 is 1.47 bits per heavy atom. The van der Waals surface area contributed by atoms with Crippen LogP contribution >= 0.6 is 22.9 Å². The van der Waals surface area contributed by atoms with E-state index < -0.39 is 0 Å². The van der Waals surface area contributed by atoms with Crippen molar-refractivity contribution in [2.24, 2.45) is 5.92 Å².